The molecule has 1 unspecified atom stereocenters. The Morgan fingerprint density at radius 2 is 2.06 bits per heavy atom. The van der Waals surface area contributed by atoms with Gasteiger partial charge in [0.1, 0.15) is 0 Å². The van der Waals surface area contributed by atoms with Gasteiger partial charge in [0.05, 0.1) is 5.92 Å². The molecule has 0 aliphatic heterocycles. The van der Waals surface area contributed by atoms with E-state index in [1.54, 1.807) is 13.8 Å². The summed E-state index contributed by atoms with van der Waals surface area (Å²) in [5.74, 6) is -2.10. The topological polar surface area (TPSA) is 92.2 Å². The molecular formula is C11H14ClN3O3. The van der Waals surface area contributed by atoms with E-state index < -0.39 is 17.8 Å². The van der Waals surface area contributed by atoms with Crippen LogP contribution in [0.2, 0.25) is 5.15 Å². The summed E-state index contributed by atoms with van der Waals surface area (Å²) in [5, 5.41) is 18.8. The summed E-state index contributed by atoms with van der Waals surface area (Å²) in [6, 6.07) is 2.87. The summed E-state index contributed by atoms with van der Waals surface area (Å²) in [4.78, 5) is 22.6. The van der Waals surface area contributed by atoms with Crippen molar-refractivity contribution in [3.63, 3.8) is 0 Å². The monoisotopic (exact) mass is 271 g/mol. The van der Waals surface area contributed by atoms with Crippen molar-refractivity contribution in [3.05, 3.63) is 23.0 Å². The first-order valence-corrected chi connectivity index (χ1v) is 5.80. The van der Waals surface area contributed by atoms with Gasteiger partial charge in [-0.2, -0.15) is 0 Å². The summed E-state index contributed by atoms with van der Waals surface area (Å²) in [6.07, 6.45) is 0. The fourth-order valence-corrected chi connectivity index (χ4v) is 1.44. The molecule has 6 nitrogen and oxygen atoms in total. The largest absolute Gasteiger partial charge is 0.481 e. The SMILES string of the molecule is CC(C)C(CNC(=O)c1ccc(Cl)nn1)C(=O)O. The molecule has 0 bridgehead atoms. The smallest absolute Gasteiger partial charge is 0.308 e. The van der Waals surface area contributed by atoms with Crippen LogP contribution >= 0.6 is 11.6 Å². The Kier molecular flexibility index (Phi) is 5.03. The predicted molar refractivity (Wildman–Crippen MR) is 65.3 cm³/mol. The third kappa shape index (κ3) is 3.96. The van der Waals surface area contributed by atoms with Crippen molar-refractivity contribution < 1.29 is 14.7 Å². The maximum atomic E-state index is 11.7. The Labute approximate surface area is 109 Å². The number of carbonyl (C=O) groups is 2. The molecular weight excluding hydrogens is 258 g/mol. The van der Waals surface area contributed by atoms with Gasteiger partial charge in [-0.1, -0.05) is 25.4 Å². The van der Waals surface area contributed by atoms with Crippen LogP contribution in [0.25, 0.3) is 0 Å². The van der Waals surface area contributed by atoms with Crippen molar-refractivity contribution in [2.24, 2.45) is 11.8 Å². The Hall–Kier alpha value is -1.69. The number of carbonyl (C=O) groups excluding carboxylic acids is 1. The number of nitrogens with one attached hydrogen (secondary N) is 1. The highest BCUT2D eigenvalue weighted by molar-refractivity contribution is 6.29. The maximum absolute atomic E-state index is 11.7. The zero-order valence-corrected chi connectivity index (χ0v) is 10.8. The minimum Gasteiger partial charge on any atom is -0.481 e. The zero-order valence-electron chi connectivity index (χ0n) is 10.1. The van der Waals surface area contributed by atoms with E-state index >= 15 is 0 Å². The Bertz CT molecular complexity index is 434. The van der Waals surface area contributed by atoms with Crippen LogP contribution < -0.4 is 5.32 Å². The molecule has 0 radical (unpaired) electrons. The fourth-order valence-electron chi connectivity index (χ4n) is 1.34. The Morgan fingerprint density at radius 3 is 2.50 bits per heavy atom. The highest BCUT2D eigenvalue weighted by Gasteiger charge is 2.22. The molecule has 0 aliphatic carbocycles. The number of nitrogens with zero attached hydrogens (tertiary/aromatic N) is 2. The average Bonchev–Trinajstić information content (AvgIpc) is 2.28. The summed E-state index contributed by atoms with van der Waals surface area (Å²) in [6.45, 7) is 3.62. The fraction of sp³-hybridized carbons (Fsp3) is 0.455. The van der Waals surface area contributed by atoms with Gasteiger partial charge in [0, 0.05) is 6.54 Å². The van der Waals surface area contributed by atoms with Gasteiger partial charge < -0.3 is 10.4 Å². The molecule has 1 rings (SSSR count). The molecule has 18 heavy (non-hydrogen) atoms. The molecule has 1 aromatic heterocycles. The molecule has 0 spiro atoms. The minimum atomic E-state index is -0.938. The van der Waals surface area contributed by atoms with Crippen LogP contribution in [0.3, 0.4) is 0 Å². The highest BCUT2D eigenvalue weighted by atomic mass is 35.5. The summed E-state index contributed by atoms with van der Waals surface area (Å²) in [7, 11) is 0. The molecule has 98 valence electrons. The minimum absolute atomic E-state index is 0.0517. The predicted octanol–water partition coefficient (Wildman–Crippen LogP) is 1.22. The van der Waals surface area contributed by atoms with E-state index in [0.29, 0.717) is 0 Å². The zero-order chi connectivity index (χ0) is 13.7. The van der Waals surface area contributed by atoms with E-state index in [1.165, 1.54) is 12.1 Å². The van der Waals surface area contributed by atoms with Gasteiger partial charge in [-0.3, -0.25) is 9.59 Å². The lowest BCUT2D eigenvalue weighted by atomic mass is 9.96. The van der Waals surface area contributed by atoms with Crippen LogP contribution in [0.15, 0.2) is 12.1 Å². The average molecular weight is 272 g/mol. The van der Waals surface area contributed by atoms with Crippen LogP contribution in [-0.2, 0) is 4.79 Å². The van der Waals surface area contributed by atoms with Crippen molar-refractivity contribution in [3.8, 4) is 0 Å². The van der Waals surface area contributed by atoms with Crippen molar-refractivity contribution >= 4 is 23.5 Å². The number of amides is 1. The van der Waals surface area contributed by atoms with Gasteiger partial charge in [0.2, 0.25) is 0 Å². The lowest BCUT2D eigenvalue weighted by Crippen LogP contribution is -2.35. The van der Waals surface area contributed by atoms with Crippen molar-refractivity contribution in [2.75, 3.05) is 6.54 Å². The van der Waals surface area contributed by atoms with Gasteiger partial charge >= 0.3 is 5.97 Å². The Balaban J connectivity index is 2.60. The number of hydrogen-bond donors (Lipinski definition) is 2. The Morgan fingerprint density at radius 1 is 1.39 bits per heavy atom. The quantitative estimate of drug-likeness (QED) is 0.840. The van der Waals surface area contributed by atoms with Crippen molar-refractivity contribution in [1.29, 1.82) is 0 Å². The third-order valence-electron chi connectivity index (χ3n) is 2.47. The van der Waals surface area contributed by atoms with Crippen LogP contribution in [0.4, 0.5) is 0 Å². The van der Waals surface area contributed by atoms with Gasteiger partial charge in [0.25, 0.3) is 5.91 Å². The van der Waals surface area contributed by atoms with E-state index in [2.05, 4.69) is 15.5 Å². The van der Waals surface area contributed by atoms with Crippen molar-refractivity contribution in [2.45, 2.75) is 13.8 Å². The molecule has 1 atom stereocenters. The van der Waals surface area contributed by atoms with Crippen LogP contribution in [0, 0.1) is 11.8 Å². The number of aromatic nitrogens is 2. The first kappa shape index (κ1) is 14.4. The second-order valence-electron chi connectivity index (χ2n) is 4.14. The summed E-state index contributed by atoms with van der Waals surface area (Å²) < 4.78 is 0. The molecule has 1 amide bonds. The van der Waals surface area contributed by atoms with E-state index in [-0.39, 0.29) is 23.3 Å². The molecule has 0 fully saturated rings. The lowest BCUT2D eigenvalue weighted by Gasteiger charge is -2.16. The second kappa shape index (κ2) is 6.30. The van der Waals surface area contributed by atoms with E-state index in [1.807, 2.05) is 0 Å². The maximum Gasteiger partial charge on any atom is 0.308 e. The molecule has 1 heterocycles. The molecule has 0 aromatic carbocycles. The van der Waals surface area contributed by atoms with Gasteiger partial charge in [-0.05, 0) is 18.1 Å². The van der Waals surface area contributed by atoms with Crippen LogP contribution in [-0.4, -0.2) is 33.7 Å². The lowest BCUT2D eigenvalue weighted by molar-refractivity contribution is -0.142. The van der Waals surface area contributed by atoms with Crippen molar-refractivity contribution in [1.82, 2.24) is 15.5 Å². The van der Waals surface area contributed by atoms with E-state index in [4.69, 9.17) is 16.7 Å². The van der Waals surface area contributed by atoms with Crippen LogP contribution in [0.5, 0.6) is 0 Å². The summed E-state index contributed by atoms with van der Waals surface area (Å²) >= 11 is 5.54. The molecule has 2 N–H and O–H groups in total. The molecule has 7 heteroatoms. The molecule has 1 aromatic rings. The standard InChI is InChI=1S/C11H14ClN3O3/c1-6(2)7(11(17)18)5-13-10(16)8-3-4-9(12)15-14-8/h3-4,6-7H,5H2,1-2H3,(H,13,16)(H,17,18). The second-order valence-corrected chi connectivity index (χ2v) is 4.53. The normalized spacial score (nSPS) is 12.2. The first-order valence-electron chi connectivity index (χ1n) is 5.42. The highest BCUT2D eigenvalue weighted by Crippen LogP contribution is 2.10. The number of carboxylic acid groups (broad SMARTS) is 1. The van der Waals surface area contributed by atoms with Crippen LogP contribution in [0.1, 0.15) is 24.3 Å². The van der Waals surface area contributed by atoms with E-state index in [0.717, 1.165) is 0 Å². The van der Waals surface area contributed by atoms with Gasteiger partial charge in [0.15, 0.2) is 10.8 Å². The molecule has 0 saturated heterocycles. The van der Waals surface area contributed by atoms with Gasteiger partial charge in [-0.25, -0.2) is 0 Å². The van der Waals surface area contributed by atoms with Gasteiger partial charge in [-0.15, -0.1) is 10.2 Å². The molecule has 0 saturated carbocycles. The number of halogens is 1. The third-order valence-corrected chi connectivity index (χ3v) is 2.67. The first-order chi connectivity index (χ1) is 8.41. The van der Waals surface area contributed by atoms with E-state index in [9.17, 15) is 9.59 Å². The number of aliphatic carboxylic acids is 1. The number of carboxylic acids is 1. The number of rotatable bonds is 5. The summed E-state index contributed by atoms with van der Waals surface area (Å²) in [5.41, 5.74) is 0.104. The number of hydrogen-bond acceptors (Lipinski definition) is 4. The molecule has 0 aliphatic rings.